The maximum Gasteiger partial charge on any atom is 0.226 e. The SMILES string of the molecule is COCc1nnc(NC(=O)CC(C)(C)C)s1. The number of amides is 1. The van der Waals surface area contributed by atoms with Crippen molar-refractivity contribution in [3.63, 3.8) is 0 Å². The summed E-state index contributed by atoms with van der Waals surface area (Å²) in [6.07, 6.45) is 0.464. The second-order valence-corrected chi connectivity index (χ2v) is 5.78. The first kappa shape index (κ1) is 13.1. The number of aromatic nitrogens is 2. The van der Waals surface area contributed by atoms with Crippen molar-refractivity contribution in [3.8, 4) is 0 Å². The standard InChI is InChI=1S/C10H17N3O2S/c1-10(2,3)5-7(14)11-9-13-12-8(16-9)6-15-4/h5-6H2,1-4H3,(H,11,13,14). The summed E-state index contributed by atoms with van der Waals surface area (Å²) in [5.74, 6) is -0.0346. The van der Waals surface area contributed by atoms with E-state index in [1.807, 2.05) is 20.8 Å². The fourth-order valence-electron chi connectivity index (χ4n) is 1.13. The number of carbonyl (C=O) groups excluding carboxylic acids is 1. The molecule has 1 amide bonds. The van der Waals surface area contributed by atoms with E-state index in [0.717, 1.165) is 5.01 Å². The summed E-state index contributed by atoms with van der Waals surface area (Å²) in [5, 5.41) is 11.8. The lowest BCUT2D eigenvalue weighted by molar-refractivity contribution is -0.117. The molecule has 0 aliphatic heterocycles. The maximum absolute atomic E-state index is 11.6. The van der Waals surface area contributed by atoms with Crippen molar-refractivity contribution >= 4 is 22.4 Å². The van der Waals surface area contributed by atoms with Gasteiger partial charge in [-0.25, -0.2) is 0 Å². The van der Waals surface area contributed by atoms with Gasteiger partial charge in [0, 0.05) is 13.5 Å². The van der Waals surface area contributed by atoms with Gasteiger partial charge < -0.3 is 10.1 Å². The predicted octanol–water partition coefficient (Wildman–Crippen LogP) is 2.06. The summed E-state index contributed by atoms with van der Waals surface area (Å²) in [6, 6.07) is 0. The monoisotopic (exact) mass is 243 g/mol. The minimum Gasteiger partial charge on any atom is -0.377 e. The minimum absolute atomic E-state index is 0.0237. The van der Waals surface area contributed by atoms with Crippen LogP contribution in [0.1, 0.15) is 32.2 Å². The molecule has 1 aromatic rings. The van der Waals surface area contributed by atoms with Crippen LogP contribution < -0.4 is 5.32 Å². The van der Waals surface area contributed by atoms with Gasteiger partial charge in [-0.05, 0) is 5.41 Å². The minimum atomic E-state index is -0.0346. The van der Waals surface area contributed by atoms with E-state index in [1.54, 1.807) is 7.11 Å². The van der Waals surface area contributed by atoms with E-state index in [0.29, 0.717) is 18.2 Å². The van der Waals surface area contributed by atoms with E-state index in [2.05, 4.69) is 15.5 Å². The van der Waals surface area contributed by atoms with Gasteiger partial charge in [0.25, 0.3) is 0 Å². The van der Waals surface area contributed by atoms with Crippen LogP contribution in [0.3, 0.4) is 0 Å². The Hall–Kier alpha value is -1.01. The summed E-state index contributed by atoms with van der Waals surface area (Å²) in [4.78, 5) is 11.6. The molecule has 0 bridgehead atoms. The Morgan fingerprint density at radius 2 is 2.12 bits per heavy atom. The zero-order chi connectivity index (χ0) is 12.2. The highest BCUT2D eigenvalue weighted by Gasteiger charge is 2.17. The van der Waals surface area contributed by atoms with Crippen molar-refractivity contribution in [1.82, 2.24) is 10.2 Å². The van der Waals surface area contributed by atoms with E-state index in [9.17, 15) is 4.79 Å². The Bertz CT molecular complexity index is 357. The number of nitrogens with zero attached hydrogens (tertiary/aromatic N) is 2. The summed E-state index contributed by atoms with van der Waals surface area (Å²) in [7, 11) is 1.60. The fourth-order valence-corrected chi connectivity index (χ4v) is 1.86. The lowest BCUT2D eigenvalue weighted by Gasteiger charge is -2.16. The second kappa shape index (κ2) is 5.36. The molecule has 0 radical (unpaired) electrons. The van der Waals surface area contributed by atoms with E-state index in [1.165, 1.54) is 11.3 Å². The number of hydrogen-bond acceptors (Lipinski definition) is 5. The largest absolute Gasteiger partial charge is 0.377 e. The molecule has 1 heterocycles. The molecule has 1 aromatic heterocycles. The van der Waals surface area contributed by atoms with Crippen LogP contribution in [0.15, 0.2) is 0 Å². The van der Waals surface area contributed by atoms with Gasteiger partial charge in [0.05, 0.1) is 0 Å². The molecule has 1 rings (SSSR count). The molecular formula is C10H17N3O2S. The van der Waals surface area contributed by atoms with Crippen LogP contribution in [0.4, 0.5) is 5.13 Å². The smallest absolute Gasteiger partial charge is 0.226 e. The van der Waals surface area contributed by atoms with Crippen LogP contribution in [0.2, 0.25) is 0 Å². The first-order valence-electron chi connectivity index (χ1n) is 5.02. The van der Waals surface area contributed by atoms with Gasteiger partial charge in [-0.1, -0.05) is 32.1 Å². The molecule has 0 aromatic carbocycles. The van der Waals surface area contributed by atoms with Crippen molar-refractivity contribution in [2.75, 3.05) is 12.4 Å². The number of hydrogen-bond donors (Lipinski definition) is 1. The van der Waals surface area contributed by atoms with Gasteiger partial charge in [0.15, 0.2) is 0 Å². The molecule has 0 spiro atoms. The fraction of sp³-hybridized carbons (Fsp3) is 0.700. The van der Waals surface area contributed by atoms with Crippen molar-refractivity contribution < 1.29 is 9.53 Å². The van der Waals surface area contributed by atoms with E-state index in [-0.39, 0.29) is 11.3 Å². The zero-order valence-electron chi connectivity index (χ0n) is 10.0. The lowest BCUT2D eigenvalue weighted by atomic mass is 9.92. The highest BCUT2D eigenvalue weighted by atomic mass is 32.1. The van der Waals surface area contributed by atoms with Gasteiger partial charge in [-0.2, -0.15) is 0 Å². The average molecular weight is 243 g/mol. The predicted molar refractivity (Wildman–Crippen MR) is 63.3 cm³/mol. The quantitative estimate of drug-likeness (QED) is 0.879. The highest BCUT2D eigenvalue weighted by Crippen LogP contribution is 2.21. The van der Waals surface area contributed by atoms with Crippen molar-refractivity contribution in [2.45, 2.75) is 33.8 Å². The summed E-state index contributed by atoms with van der Waals surface area (Å²) >= 11 is 1.33. The van der Waals surface area contributed by atoms with Crippen molar-refractivity contribution in [2.24, 2.45) is 5.41 Å². The van der Waals surface area contributed by atoms with Gasteiger partial charge in [-0.3, -0.25) is 4.79 Å². The van der Waals surface area contributed by atoms with Crippen LogP contribution in [0.25, 0.3) is 0 Å². The third kappa shape index (κ3) is 4.67. The lowest BCUT2D eigenvalue weighted by Crippen LogP contribution is -2.19. The number of methoxy groups -OCH3 is 1. The van der Waals surface area contributed by atoms with Gasteiger partial charge in [-0.15, -0.1) is 10.2 Å². The molecule has 0 saturated carbocycles. The van der Waals surface area contributed by atoms with Gasteiger partial charge in [0.1, 0.15) is 11.6 Å². The van der Waals surface area contributed by atoms with Crippen molar-refractivity contribution in [3.05, 3.63) is 5.01 Å². The number of rotatable bonds is 4. The Morgan fingerprint density at radius 3 is 2.69 bits per heavy atom. The highest BCUT2D eigenvalue weighted by molar-refractivity contribution is 7.15. The normalized spacial score (nSPS) is 11.5. The first-order valence-corrected chi connectivity index (χ1v) is 5.83. The summed E-state index contributed by atoms with van der Waals surface area (Å²) in [6.45, 7) is 6.47. The Balaban J connectivity index is 2.50. The maximum atomic E-state index is 11.6. The molecule has 1 N–H and O–H groups in total. The van der Waals surface area contributed by atoms with Crippen LogP contribution in [-0.2, 0) is 16.1 Å². The summed E-state index contributed by atoms with van der Waals surface area (Å²) in [5.41, 5.74) is -0.0237. The van der Waals surface area contributed by atoms with Gasteiger partial charge in [0.2, 0.25) is 11.0 Å². The molecule has 0 unspecified atom stereocenters. The molecule has 6 heteroatoms. The Morgan fingerprint density at radius 1 is 1.44 bits per heavy atom. The molecule has 5 nitrogen and oxygen atoms in total. The topological polar surface area (TPSA) is 64.1 Å². The van der Waals surface area contributed by atoms with E-state index < -0.39 is 0 Å². The van der Waals surface area contributed by atoms with Gasteiger partial charge >= 0.3 is 0 Å². The number of nitrogens with one attached hydrogen (secondary N) is 1. The van der Waals surface area contributed by atoms with Crippen LogP contribution >= 0.6 is 11.3 Å². The number of carbonyl (C=O) groups is 1. The van der Waals surface area contributed by atoms with Crippen LogP contribution in [0.5, 0.6) is 0 Å². The first-order chi connectivity index (χ1) is 7.40. The zero-order valence-corrected chi connectivity index (χ0v) is 10.8. The Kier molecular flexibility index (Phi) is 4.37. The van der Waals surface area contributed by atoms with E-state index >= 15 is 0 Å². The molecule has 0 atom stereocenters. The molecule has 0 aliphatic rings. The third-order valence-electron chi connectivity index (χ3n) is 1.67. The second-order valence-electron chi connectivity index (χ2n) is 4.72. The van der Waals surface area contributed by atoms with Crippen molar-refractivity contribution in [1.29, 1.82) is 0 Å². The number of anilines is 1. The average Bonchev–Trinajstić information content (AvgIpc) is 2.49. The number of ether oxygens (including phenoxy) is 1. The molecular weight excluding hydrogens is 226 g/mol. The Labute approximate surface area is 99.2 Å². The molecule has 0 fully saturated rings. The third-order valence-corrected chi connectivity index (χ3v) is 2.48. The van der Waals surface area contributed by atoms with E-state index in [4.69, 9.17) is 4.74 Å². The molecule has 90 valence electrons. The summed E-state index contributed by atoms with van der Waals surface area (Å²) < 4.78 is 4.92. The van der Waals surface area contributed by atoms with Crippen LogP contribution in [-0.4, -0.2) is 23.2 Å². The molecule has 16 heavy (non-hydrogen) atoms. The van der Waals surface area contributed by atoms with Crippen LogP contribution in [0, 0.1) is 5.41 Å². The molecule has 0 saturated heterocycles. The molecule has 0 aliphatic carbocycles.